The molecule has 104 valence electrons. The van der Waals surface area contributed by atoms with Gasteiger partial charge in [0, 0.05) is 11.6 Å². The van der Waals surface area contributed by atoms with Gasteiger partial charge in [0.1, 0.15) is 5.75 Å². The molecule has 1 aromatic carbocycles. The number of hydrogen-bond acceptors (Lipinski definition) is 3. The molecule has 0 radical (unpaired) electrons. The van der Waals surface area contributed by atoms with E-state index in [4.69, 9.17) is 16.3 Å². The van der Waals surface area contributed by atoms with Crippen LogP contribution in [-0.2, 0) is 4.79 Å². The van der Waals surface area contributed by atoms with Gasteiger partial charge in [-0.2, -0.15) is 0 Å². The van der Waals surface area contributed by atoms with Crippen LogP contribution in [0.4, 0.5) is 0 Å². The van der Waals surface area contributed by atoms with Gasteiger partial charge in [-0.1, -0.05) is 24.6 Å². The lowest BCUT2D eigenvalue weighted by Gasteiger charge is -2.25. The maximum Gasteiger partial charge on any atom is 0.260 e. The first-order valence-electron chi connectivity index (χ1n) is 6.40. The van der Waals surface area contributed by atoms with Crippen LogP contribution in [0.25, 0.3) is 0 Å². The highest BCUT2D eigenvalue weighted by Crippen LogP contribution is 2.24. The lowest BCUT2D eigenvalue weighted by atomic mass is 10.0. The zero-order valence-electron chi connectivity index (χ0n) is 10.9. The Morgan fingerprint density at radius 1 is 1.58 bits per heavy atom. The molecule has 1 N–H and O–H groups in total. The first-order chi connectivity index (χ1) is 9.11. The molecule has 1 aromatic rings. The smallest absolute Gasteiger partial charge is 0.260 e. The molecule has 0 aromatic heterocycles. The Kier molecular flexibility index (Phi) is 4.66. The third-order valence-corrected chi connectivity index (χ3v) is 3.78. The normalized spacial score (nSPS) is 22.6. The van der Waals surface area contributed by atoms with Gasteiger partial charge < -0.3 is 14.7 Å². The molecule has 1 aliphatic rings. The molecule has 1 saturated heterocycles. The zero-order chi connectivity index (χ0) is 13.8. The molecule has 2 rings (SSSR count). The Labute approximate surface area is 117 Å². The van der Waals surface area contributed by atoms with Crippen LogP contribution in [0.3, 0.4) is 0 Å². The van der Waals surface area contributed by atoms with Gasteiger partial charge in [-0.15, -0.1) is 0 Å². The van der Waals surface area contributed by atoms with Gasteiger partial charge in [0.15, 0.2) is 6.61 Å². The van der Waals surface area contributed by atoms with E-state index in [1.54, 1.807) is 29.2 Å². The number of nitrogens with zero attached hydrogens (tertiary/aromatic N) is 1. The number of rotatable bonds is 4. The maximum atomic E-state index is 12.1. The van der Waals surface area contributed by atoms with E-state index in [9.17, 15) is 9.90 Å². The second-order valence-electron chi connectivity index (χ2n) is 4.85. The number of hydrogen-bond donors (Lipinski definition) is 1. The van der Waals surface area contributed by atoms with Crippen molar-refractivity contribution in [3.63, 3.8) is 0 Å². The van der Waals surface area contributed by atoms with Crippen molar-refractivity contribution in [2.45, 2.75) is 19.4 Å². The Morgan fingerprint density at radius 3 is 3.05 bits per heavy atom. The zero-order valence-corrected chi connectivity index (χ0v) is 11.6. The van der Waals surface area contributed by atoms with Crippen molar-refractivity contribution in [3.8, 4) is 5.75 Å². The van der Waals surface area contributed by atoms with Crippen LogP contribution in [0.1, 0.15) is 13.3 Å². The van der Waals surface area contributed by atoms with Gasteiger partial charge >= 0.3 is 0 Å². The molecule has 0 saturated carbocycles. The highest BCUT2D eigenvalue weighted by molar-refractivity contribution is 6.30. The number of ether oxygens (including phenoxy) is 1. The first kappa shape index (κ1) is 14.2. The standard InChI is InChI=1S/C14H18ClNO3/c1-10-5-6-16(13(10)8-17)14(18)9-19-12-4-2-3-11(15)7-12/h2-4,7,10,13,17H,5-6,8-9H2,1H3. The van der Waals surface area contributed by atoms with Crippen LogP contribution < -0.4 is 4.74 Å². The van der Waals surface area contributed by atoms with E-state index in [1.807, 2.05) is 6.92 Å². The summed E-state index contributed by atoms with van der Waals surface area (Å²) in [5, 5.41) is 9.90. The van der Waals surface area contributed by atoms with E-state index >= 15 is 0 Å². The van der Waals surface area contributed by atoms with Gasteiger partial charge in [0.25, 0.3) is 5.91 Å². The van der Waals surface area contributed by atoms with Crippen LogP contribution in [0.2, 0.25) is 5.02 Å². The Bertz CT molecular complexity index is 452. The molecule has 0 spiro atoms. The fourth-order valence-electron chi connectivity index (χ4n) is 2.38. The quantitative estimate of drug-likeness (QED) is 0.919. The third kappa shape index (κ3) is 3.39. The highest BCUT2D eigenvalue weighted by atomic mass is 35.5. The topological polar surface area (TPSA) is 49.8 Å². The summed E-state index contributed by atoms with van der Waals surface area (Å²) in [6, 6.07) is 6.87. The molecular weight excluding hydrogens is 266 g/mol. The van der Waals surface area contributed by atoms with Gasteiger partial charge in [-0.25, -0.2) is 0 Å². The SMILES string of the molecule is CC1CCN(C(=O)COc2cccc(Cl)c2)C1CO. The van der Waals surface area contributed by atoms with E-state index in [-0.39, 0.29) is 25.2 Å². The predicted octanol–water partition coefficient (Wildman–Crippen LogP) is 1.95. The summed E-state index contributed by atoms with van der Waals surface area (Å²) in [5.74, 6) is 0.817. The molecule has 2 atom stereocenters. The average molecular weight is 284 g/mol. The minimum Gasteiger partial charge on any atom is -0.484 e. The van der Waals surface area contributed by atoms with Crippen LogP contribution in [0, 0.1) is 5.92 Å². The minimum atomic E-state index is -0.0941. The molecule has 4 nitrogen and oxygen atoms in total. The summed E-state index contributed by atoms with van der Waals surface area (Å²) in [4.78, 5) is 13.8. The van der Waals surface area contributed by atoms with Crippen molar-refractivity contribution in [2.75, 3.05) is 19.8 Å². The summed E-state index contributed by atoms with van der Waals surface area (Å²) in [6.07, 6.45) is 0.925. The molecule has 1 aliphatic heterocycles. The number of amides is 1. The largest absolute Gasteiger partial charge is 0.484 e. The summed E-state index contributed by atoms with van der Waals surface area (Å²) >= 11 is 5.84. The number of halogens is 1. The molecule has 1 heterocycles. The molecule has 0 bridgehead atoms. The number of aliphatic hydroxyl groups excluding tert-OH is 1. The van der Waals surface area contributed by atoms with E-state index in [1.165, 1.54) is 0 Å². The number of carbonyl (C=O) groups is 1. The summed E-state index contributed by atoms with van der Waals surface area (Å²) in [5.41, 5.74) is 0. The van der Waals surface area contributed by atoms with Crippen LogP contribution in [-0.4, -0.2) is 41.7 Å². The van der Waals surface area contributed by atoms with Crippen LogP contribution >= 0.6 is 11.6 Å². The van der Waals surface area contributed by atoms with Gasteiger partial charge in [0.2, 0.25) is 0 Å². The van der Waals surface area contributed by atoms with Crippen molar-refractivity contribution in [1.29, 1.82) is 0 Å². The molecule has 5 heteroatoms. The summed E-state index contributed by atoms with van der Waals surface area (Å²) in [7, 11) is 0. The number of benzene rings is 1. The molecule has 1 fully saturated rings. The predicted molar refractivity (Wildman–Crippen MR) is 73.3 cm³/mol. The van der Waals surface area contributed by atoms with Crippen molar-refractivity contribution >= 4 is 17.5 Å². The minimum absolute atomic E-state index is 0.00404. The number of aliphatic hydroxyl groups is 1. The highest BCUT2D eigenvalue weighted by Gasteiger charge is 2.33. The van der Waals surface area contributed by atoms with Crippen LogP contribution in [0.15, 0.2) is 24.3 Å². The second kappa shape index (κ2) is 6.26. The monoisotopic (exact) mass is 283 g/mol. The maximum absolute atomic E-state index is 12.1. The third-order valence-electron chi connectivity index (χ3n) is 3.55. The molecule has 1 amide bonds. The Hall–Kier alpha value is -1.26. The van der Waals surface area contributed by atoms with E-state index < -0.39 is 0 Å². The fourth-order valence-corrected chi connectivity index (χ4v) is 2.56. The van der Waals surface area contributed by atoms with Crippen LogP contribution in [0.5, 0.6) is 5.75 Å². The van der Waals surface area contributed by atoms with E-state index in [0.717, 1.165) is 6.42 Å². The summed E-state index contributed by atoms with van der Waals surface area (Å²) in [6.45, 7) is 2.71. The molecular formula is C14H18ClNO3. The van der Waals surface area contributed by atoms with Crippen molar-refractivity contribution in [2.24, 2.45) is 5.92 Å². The Balaban J connectivity index is 1.91. The average Bonchev–Trinajstić information content (AvgIpc) is 2.77. The Morgan fingerprint density at radius 2 is 2.37 bits per heavy atom. The van der Waals surface area contributed by atoms with Crippen molar-refractivity contribution < 1.29 is 14.6 Å². The van der Waals surface area contributed by atoms with E-state index in [0.29, 0.717) is 23.2 Å². The van der Waals surface area contributed by atoms with Crippen molar-refractivity contribution in [1.82, 2.24) is 4.90 Å². The van der Waals surface area contributed by atoms with Gasteiger partial charge in [-0.05, 0) is 30.5 Å². The first-order valence-corrected chi connectivity index (χ1v) is 6.78. The molecule has 19 heavy (non-hydrogen) atoms. The van der Waals surface area contributed by atoms with Crippen molar-refractivity contribution in [3.05, 3.63) is 29.3 Å². The molecule has 2 unspecified atom stereocenters. The van der Waals surface area contributed by atoms with Gasteiger partial charge in [-0.3, -0.25) is 4.79 Å². The molecule has 0 aliphatic carbocycles. The fraction of sp³-hybridized carbons (Fsp3) is 0.500. The number of carbonyl (C=O) groups excluding carboxylic acids is 1. The number of likely N-dealkylation sites (tertiary alicyclic amines) is 1. The van der Waals surface area contributed by atoms with Gasteiger partial charge in [0.05, 0.1) is 12.6 Å². The second-order valence-corrected chi connectivity index (χ2v) is 5.29. The lowest BCUT2D eigenvalue weighted by Crippen LogP contribution is -2.42. The lowest BCUT2D eigenvalue weighted by molar-refractivity contribution is -0.135. The summed E-state index contributed by atoms with van der Waals surface area (Å²) < 4.78 is 5.43. The van der Waals surface area contributed by atoms with E-state index in [2.05, 4.69) is 0 Å².